The number of amides is 2. The highest BCUT2D eigenvalue weighted by atomic mass is 32.1. The highest BCUT2D eigenvalue weighted by Crippen LogP contribution is 2.48. The number of halogens is 1. The monoisotopic (exact) mass is 340 g/mol. The minimum absolute atomic E-state index is 0.241. The average molecular weight is 340 g/mol. The molecule has 0 radical (unpaired) electrons. The molecule has 2 aliphatic rings. The third kappa shape index (κ3) is 2.87. The Hall–Kier alpha value is -1.47. The van der Waals surface area contributed by atoms with Crippen LogP contribution in [0.4, 0.5) is 9.39 Å². The molecule has 0 aromatic carbocycles. The quantitative estimate of drug-likeness (QED) is 0.888. The summed E-state index contributed by atoms with van der Waals surface area (Å²) >= 11 is 1.29. The minimum Gasteiger partial charge on any atom is -0.365 e. The molecule has 2 heterocycles. The van der Waals surface area contributed by atoms with Crippen molar-refractivity contribution in [2.75, 3.05) is 5.32 Å². The van der Waals surface area contributed by atoms with Crippen LogP contribution in [0.3, 0.4) is 0 Å². The lowest BCUT2D eigenvalue weighted by atomic mass is 9.86. The van der Waals surface area contributed by atoms with Crippen LogP contribution in [0.25, 0.3) is 0 Å². The second-order valence-electron chi connectivity index (χ2n) is 7.37. The van der Waals surface area contributed by atoms with Gasteiger partial charge < -0.3 is 15.8 Å². The van der Waals surface area contributed by atoms with Gasteiger partial charge in [-0.3, -0.25) is 9.59 Å². The summed E-state index contributed by atoms with van der Waals surface area (Å²) < 4.78 is 19.2. The first-order valence-corrected chi connectivity index (χ1v) is 8.44. The van der Waals surface area contributed by atoms with E-state index in [2.05, 4.69) is 5.32 Å². The Kier molecular flexibility index (Phi) is 3.57. The fourth-order valence-corrected chi connectivity index (χ4v) is 4.57. The molecule has 1 aliphatic heterocycles. The number of anilines is 1. The fraction of sp³-hybridized carbons (Fsp3) is 0.625. The molecule has 1 aliphatic carbocycles. The maximum atomic E-state index is 13.1. The number of carbonyl (C=O) groups is 2. The van der Waals surface area contributed by atoms with Crippen LogP contribution in [-0.4, -0.2) is 23.6 Å². The van der Waals surface area contributed by atoms with Crippen LogP contribution in [-0.2, 0) is 21.6 Å². The van der Waals surface area contributed by atoms with Gasteiger partial charge in [-0.15, -0.1) is 11.3 Å². The summed E-state index contributed by atoms with van der Waals surface area (Å²) in [6.45, 7) is 7.77. The predicted molar refractivity (Wildman–Crippen MR) is 86.4 cm³/mol. The molecule has 0 spiro atoms. The molecular formula is C16H21FN2O3S. The van der Waals surface area contributed by atoms with E-state index in [-0.39, 0.29) is 6.42 Å². The summed E-state index contributed by atoms with van der Waals surface area (Å²) in [4.78, 5) is 24.9. The van der Waals surface area contributed by atoms with Gasteiger partial charge in [0.2, 0.25) is 5.91 Å². The van der Waals surface area contributed by atoms with E-state index in [1.165, 1.54) is 11.3 Å². The molecule has 1 fully saturated rings. The molecule has 0 saturated heterocycles. The van der Waals surface area contributed by atoms with Gasteiger partial charge >= 0.3 is 0 Å². The van der Waals surface area contributed by atoms with Crippen molar-refractivity contribution in [2.24, 2.45) is 11.7 Å². The Morgan fingerprint density at radius 1 is 1.35 bits per heavy atom. The van der Waals surface area contributed by atoms with Gasteiger partial charge in [0.15, 0.2) is 0 Å². The SMILES string of the molecule is CC1(C)Cc2c(sc(NC(=O)[C@@H]3C[C@@H]3F)c2C(N)=O)C(C)(C)O1. The van der Waals surface area contributed by atoms with Crippen molar-refractivity contribution in [3.8, 4) is 0 Å². The lowest BCUT2D eigenvalue weighted by Gasteiger charge is -2.41. The van der Waals surface area contributed by atoms with Crippen LogP contribution in [0, 0.1) is 5.92 Å². The van der Waals surface area contributed by atoms with Crippen molar-refractivity contribution in [1.29, 1.82) is 0 Å². The van der Waals surface area contributed by atoms with Crippen LogP contribution in [0.1, 0.15) is 54.9 Å². The first kappa shape index (κ1) is 16.4. The number of hydrogen-bond donors (Lipinski definition) is 2. The Morgan fingerprint density at radius 2 is 1.96 bits per heavy atom. The van der Waals surface area contributed by atoms with Crippen molar-refractivity contribution in [2.45, 2.75) is 57.9 Å². The van der Waals surface area contributed by atoms with E-state index in [0.717, 1.165) is 10.4 Å². The normalized spacial score (nSPS) is 27.2. The zero-order chi connectivity index (χ0) is 17.2. The number of thiophene rings is 1. The zero-order valence-electron chi connectivity index (χ0n) is 13.7. The highest BCUT2D eigenvalue weighted by molar-refractivity contribution is 7.17. The van der Waals surface area contributed by atoms with Crippen LogP contribution in [0.2, 0.25) is 0 Å². The summed E-state index contributed by atoms with van der Waals surface area (Å²) in [5, 5.41) is 3.09. The van der Waals surface area contributed by atoms with E-state index in [4.69, 9.17) is 10.5 Å². The second kappa shape index (κ2) is 5.01. The Morgan fingerprint density at radius 3 is 2.48 bits per heavy atom. The Bertz CT molecular complexity index is 696. The van der Waals surface area contributed by atoms with Crippen molar-refractivity contribution >= 4 is 28.2 Å². The van der Waals surface area contributed by atoms with E-state index >= 15 is 0 Å². The molecule has 1 aromatic heterocycles. The lowest BCUT2D eigenvalue weighted by Crippen LogP contribution is -2.42. The summed E-state index contributed by atoms with van der Waals surface area (Å²) in [6.07, 6.45) is -0.309. The maximum Gasteiger partial charge on any atom is 0.251 e. The van der Waals surface area contributed by atoms with Crippen molar-refractivity contribution in [3.05, 3.63) is 16.0 Å². The number of alkyl halides is 1. The first-order chi connectivity index (χ1) is 10.5. The average Bonchev–Trinajstić information content (AvgIpc) is 2.97. The molecule has 2 amide bonds. The van der Waals surface area contributed by atoms with Gasteiger partial charge in [0.25, 0.3) is 5.91 Å². The number of nitrogens with one attached hydrogen (secondary N) is 1. The summed E-state index contributed by atoms with van der Waals surface area (Å²) in [6, 6.07) is 0. The number of fused-ring (bicyclic) bond motifs is 1. The molecule has 3 N–H and O–H groups in total. The van der Waals surface area contributed by atoms with E-state index in [1.54, 1.807) is 0 Å². The van der Waals surface area contributed by atoms with Crippen LogP contribution >= 0.6 is 11.3 Å². The number of carbonyl (C=O) groups excluding carboxylic acids is 2. The number of hydrogen-bond acceptors (Lipinski definition) is 4. The topological polar surface area (TPSA) is 81.4 Å². The molecule has 1 saturated carbocycles. The standard InChI is InChI=1S/C16H21FN2O3S/c1-15(2)6-8-10(12(18)20)14(19-13(21)7-5-9(7)17)23-11(8)16(3,4)22-15/h7,9H,5-6H2,1-4H3,(H2,18,20)(H,19,21)/t7-,9+/m1/s1. The smallest absolute Gasteiger partial charge is 0.251 e. The van der Waals surface area contributed by atoms with Gasteiger partial charge in [-0.05, 0) is 39.7 Å². The van der Waals surface area contributed by atoms with Crippen molar-refractivity contribution < 1.29 is 18.7 Å². The van der Waals surface area contributed by atoms with Gasteiger partial charge in [-0.2, -0.15) is 0 Å². The molecule has 1 aromatic rings. The van der Waals surface area contributed by atoms with Gasteiger partial charge in [-0.1, -0.05) is 0 Å². The third-order valence-corrected chi connectivity index (χ3v) is 5.67. The fourth-order valence-electron chi connectivity index (χ4n) is 3.31. The predicted octanol–water partition coefficient (Wildman–Crippen LogP) is 2.73. The largest absolute Gasteiger partial charge is 0.365 e. The van der Waals surface area contributed by atoms with E-state index in [9.17, 15) is 14.0 Å². The number of ether oxygens (including phenoxy) is 1. The van der Waals surface area contributed by atoms with Gasteiger partial charge in [0.05, 0.1) is 22.7 Å². The van der Waals surface area contributed by atoms with E-state index in [1.807, 2.05) is 27.7 Å². The van der Waals surface area contributed by atoms with E-state index < -0.39 is 35.1 Å². The first-order valence-electron chi connectivity index (χ1n) is 7.63. The van der Waals surface area contributed by atoms with E-state index in [0.29, 0.717) is 17.0 Å². The summed E-state index contributed by atoms with van der Waals surface area (Å²) in [5.74, 6) is -1.59. The number of rotatable bonds is 3. The summed E-state index contributed by atoms with van der Waals surface area (Å²) in [5.41, 5.74) is 5.69. The van der Waals surface area contributed by atoms with Gasteiger partial charge in [0.1, 0.15) is 11.2 Å². The molecule has 23 heavy (non-hydrogen) atoms. The number of primary amides is 1. The Balaban J connectivity index is 2.03. The van der Waals surface area contributed by atoms with Crippen molar-refractivity contribution in [1.82, 2.24) is 0 Å². The molecular weight excluding hydrogens is 319 g/mol. The maximum absolute atomic E-state index is 13.1. The molecule has 5 nitrogen and oxygen atoms in total. The van der Waals surface area contributed by atoms with Crippen molar-refractivity contribution in [3.63, 3.8) is 0 Å². The molecule has 3 rings (SSSR count). The molecule has 0 unspecified atom stereocenters. The second-order valence-corrected chi connectivity index (χ2v) is 8.40. The number of nitrogens with two attached hydrogens (primary N) is 1. The molecule has 7 heteroatoms. The highest BCUT2D eigenvalue weighted by Gasteiger charge is 2.46. The minimum atomic E-state index is -1.08. The summed E-state index contributed by atoms with van der Waals surface area (Å²) in [7, 11) is 0. The van der Waals surface area contributed by atoms with Gasteiger partial charge in [0, 0.05) is 11.3 Å². The molecule has 2 atom stereocenters. The zero-order valence-corrected chi connectivity index (χ0v) is 14.5. The third-order valence-electron chi connectivity index (χ3n) is 4.22. The van der Waals surface area contributed by atoms with Crippen LogP contribution < -0.4 is 11.1 Å². The Labute approximate surface area is 138 Å². The van der Waals surface area contributed by atoms with Crippen LogP contribution in [0.15, 0.2) is 0 Å². The molecule has 0 bridgehead atoms. The lowest BCUT2D eigenvalue weighted by molar-refractivity contribution is -0.135. The molecule has 126 valence electrons. The van der Waals surface area contributed by atoms with Gasteiger partial charge in [-0.25, -0.2) is 4.39 Å². The van der Waals surface area contributed by atoms with Crippen LogP contribution in [0.5, 0.6) is 0 Å².